The van der Waals surface area contributed by atoms with Crippen LogP contribution in [0.2, 0.25) is 0 Å². The molecule has 32 heavy (non-hydrogen) atoms. The Hall–Kier alpha value is -3.66. The fraction of sp³-hybridized carbons (Fsp3) is 0.182. The van der Waals surface area contributed by atoms with Crippen LogP contribution in [0.3, 0.4) is 0 Å². The number of carbonyl (C=O) groups excluding carboxylic acids is 3. The van der Waals surface area contributed by atoms with E-state index in [2.05, 4.69) is 21.2 Å². The van der Waals surface area contributed by atoms with E-state index in [-0.39, 0.29) is 17.1 Å². The number of aryl methyl sites for hydroxylation is 2. The lowest BCUT2D eigenvalue weighted by atomic mass is 10.0. The summed E-state index contributed by atoms with van der Waals surface area (Å²) >= 11 is 3.28. The van der Waals surface area contributed by atoms with Crippen molar-refractivity contribution in [3.63, 3.8) is 0 Å². The number of anilines is 1. The molecule has 166 valence electrons. The predicted molar refractivity (Wildman–Crippen MR) is 119 cm³/mol. The van der Waals surface area contributed by atoms with E-state index in [4.69, 9.17) is 14.6 Å². The van der Waals surface area contributed by atoms with Gasteiger partial charge in [0.1, 0.15) is 5.57 Å². The van der Waals surface area contributed by atoms with Crippen molar-refractivity contribution < 1.29 is 33.8 Å². The zero-order valence-electron chi connectivity index (χ0n) is 17.4. The molecule has 1 saturated heterocycles. The molecule has 0 unspecified atom stereocenters. The second-order valence-electron chi connectivity index (χ2n) is 7.02. The van der Waals surface area contributed by atoms with Crippen molar-refractivity contribution in [2.24, 2.45) is 0 Å². The van der Waals surface area contributed by atoms with Crippen LogP contribution in [-0.2, 0) is 14.4 Å². The van der Waals surface area contributed by atoms with Crippen LogP contribution in [0, 0.1) is 13.8 Å². The van der Waals surface area contributed by atoms with Gasteiger partial charge in [0.2, 0.25) is 0 Å². The van der Waals surface area contributed by atoms with Crippen LogP contribution in [0.15, 0.2) is 40.4 Å². The number of carboxylic acids is 1. The number of methoxy groups -OCH3 is 1. The molecule has 4 amide bonds. The molecule has 2 aromatic carbocycles. The van der Waals surface area contributed by atoms with Gasteiger partial charge >= 0.3 is 12.0 Å². The first-order valence-corrected chi connectivity index (χ1v) is 10.1. The van der Waals surface area contributed by atoms with Gasteiger partial charge in [-0.05, 0) is 76.8 Å². The highest BCUT2D eigenvalue weighted by Crippen LogP contribution is 2.37. The number of hydrogen-bond donors (Lipinski definition) is 2. The molecule has 1 fully saturated rings. The summed E-state index contributed by atoms with van der Waals surface area (Å²) in [7, 11) is 1.37. The number of aliphatic carboxylic acids is 1. The largest absolute Gasteiger partial charge is 0.493 e. The number of urea groups is 1. The summed E-state index contributed by atoms with van der Waals surface area (Å²) in [5.41, 5.74) is 2.20. The second-order valence-corrected chi connectivity index (χ2v) is 7.87. The Kier molecular flexibility index (Phi) is 6.64. The highest BCUT2D eigenvalue weighted by atomic mass is 79.9. The van der Waals surface area contributed by atoms with E-state index < -0.39 is 30.4 Å². The minimum Gasteiger partial charge on any atom is -0.493 e. The van der Waals surface area contributed by atoms with E-state index in [0.29, 0.717) is 15.7 Å². The zero-order chi connectivity index (χ0) is 23.6. The summed E-state index contributed by atoms with van der Waals surface area (Å²) in [5, 5.41) is 11.0. The van der Waals surface area contributed by atoms with E-state index in [1.807, 2.05) is 19.9 Å². The molecule has 0 radical (unpaired) electrons. The SMILES string of the molecule is COc1cc(/C=C2\C(=O)NC(=O)N(c3cc(C)cc(C)c3)C2=O)cc(Br)c1OCC(=O)O. The molecule has 0 aliphatic carbocycles. The molecule has 1 aliphatic heterocycles. The van der Waals surface area contributed by atoms with E-state index in [1.165, 1.54) is 25.3 Å². The third kappa shape index (κ3) is 4.80. The van der Waals surface area contributed by atoms with Crippen LogP contribution in [0.4, 0.5) is 10.5 Å². The maximum absolute atomic E-state index is 13.1. The first kappa shape index (κ1) is 23.0. The van der Waals surface area contributed by atoms with Crippen molar-refractivity contribution in [1.82, 2.24) is 5.32 Å². The normalized spacial score (nSPS) is 15.1. The van der Waals surface area contributed by atoms with Gasteiger partial charge in [0.25, 0.3) is 11.8 Å². The molecule has 3 rings (SSSR count). The Labute approximate surface area is 191 Å². The summed E-state index contributed by atoms with van der Waals surface area (Å²) in [6.07, 6.45) is 1.31. The molecular formula is C22H19BrN2O7. The van der Waals surface area contributed by atoms with E-state index in [0.717, 1.165) is 16.0 Å². The topological polar surface area (TPSA) is 122 Å². The number of carbonyl (C=O) groups is 4. The Morgan fingerprint density at radius 2 is 1.78 bits per heavy atom. The second kappa shape index (κ2) is 9.23. The lowest BCUT2D eigenvalue weighted by molar-refractivity contribution is -0.139. The average molecular weight is 503 g/mol. The smallest absolute Gasteiger partial charge is 0.341 e. The first-order chi connectivity index (χ1) is 15.1. The monoisotopic (exact) mass is 502 g/mol. The van der Waals surface area contributed by atoms with Crippen molar-refractivity contribution in [3.8, 4) is 11.5 Å². The van der Waals surface area contributed by atoms with Crippen LogP contribution in [0.25, 0.3) is 6.08 Å². The van der Waals surface area contributed by atoms with Gasteiger partial charge in [0.15, 0.2) is 18.1 Å². The Balaban J connectivity index is 2.02. The van der Waals surface area contributed by atoms with E-state index in [1.54, 1.807) is 12.1 Å². The van der Waals surface area contributed by atoms with Gasteiger partial charge in [-0.1, -0.05) is 6.07 Å². The number of imide groups is 2. The lowest BCUT2D eigenvalue weighted by Gasteiger charge is -2.27. The van der Waals surface area contributed by atoms with Crippen LogP contribution >= 0.6 is 15.9 Å². The third-order valence-corrected chi connectivity index (χ3v) is 5.06. The number of nitrogens with zero attached hydrogens (tertiary/aromatic N) is 1. The molecular weight excluding hydrogens is 484 g/mol. The summed E-state index contributed by atoms with van der Waals surface area (Å²) in [5.74, 6) is -2.42. The molecule has 2 aromatic rings. The van der Waals surface area contributed by atoms with Gasteiger partial charge < -0.3 is 14.6 Å². The number of halogens is 1. The fourth-order valence-electron chi connectivity index (χ4n) is 3.24. The Bertz CT molecular complexity index is 1150. The molecule has 10 heteroatoms. The number of hydrogen-bond acceptors (Lipinski definition) is 6. The highest BCUT2D eigenvalue weighted by molar-refractivity contribution is 9.10. The fourth-order valence-corrected chi connectivity index (χ4v) is 3.81. The van der Waals surface area contributed by atoms with Gasteiger partial charge in [-0.25, -0.2) is 14.5 Å². The third-order valence-electron chi connectivity index (χ3n) is 4.47. The quantitative estimate of drug-likeness (QED) is 0.459. The average Bonchev–Trinajstić information content (AvgIpc) is 2.68. The van der Waals surface area contributed by atoms with Gasteiger partial charge in [-0.15, -0.1) is 0 Å². The zero-order valence-corrected chi connectivity index (χ0v) is 19.0. The van der Waals surface area contributed by atoms with Crippen molar-refractivity contribution >= 4 is 51.5 Å². The number of benzene rings is 2. The number of nitrogens with one attached hydrogen (secondary N) is 1. The molecule has 1 aliphatic rings. The molecule has 9 nitrogen and oxygen atoms in total. The summed E-state index contributed by atoms with van der Waals surface area (Å²) in [4.78, 5) is 49.7. The van der Waals surface area contributed by atoms with Gasteiger partial charge in [0.05, 0.1) is 17.3 Å². The van der Waals surface area contributed by atoms with Gasteiger partial charge in [-0.2, -0.15) is 0 Å². The lowest BCUT2D eigenvalue weighted by Crippen LogP contribution is -2.54. The van der Waals surface area contributed by atoms with E-state index in [9.17, 15) is 19.2 Å². The molecule has 1 heterocycles. The van der Waals surface area contributed by atoms with Crippen LogP contribution in [-0.4, -0.2) is 42.6 Å². The summed E-state index contributed by atoms with van der Waals surface area (Å²) in [6.45, 7) is 3.09. The standard InChI is InChI=1S/C22H19BrN2O7/c1-11-4-12(2)6-14(5-11)25-21(29)15(20(28)24-22(25)30)7-13-8-16(23)19(17(9-13)31-3)32-10-18(26)27/h4-9H,10H2,1-3H3,(H,26,27)(H,24,28,30)/b15-7+. The molecule has 0 bridgehead atoms. The number of barbiturate groups is 1. The van der Waals surface area contributed by atoms with Crippen molar-refractivity contribution in [3.05, 3.63) is 57.1 Å². The van der Waals surface area contributed by atoms with E-state index >= 15 is 0 Å². The van der Waals surface area contributed by atoms with Gasteiger partial charge in [-0.3, -0.25) is 14.9 Å². The van der Waals surface area contributed by atoms with Crippen LogP contribution in [0.1, 0.15) is 16.7 Å². The number of carboxylic acid groups (broad SMARTS) is 1. The van der Waals surface area contributed by atoms with Crippen molar-refractivity contribution in [1.29, 1.82) is 0 Å². The van der Waals surface area contributed by atoms with Crippen LogP contribution in [0.5, 0.6) is 11.5 Å². The van der Waals surface area contributed by atoms with Crippen molar-refractivity contribution in [2.45, 2.75) is 13.8 Å². The number of ether oxygens (including phenoxy) is 2. The summed E-state index contributed by atoms with van der Waals surface area (Å²) in [6, 6.07) is 7.42. The number of amides is 4. The maximum atomic E-state index is 13.1. The Morgan fingerprint density at radius 1 is 1.12 bits per heavy atom. The van der Waals surface area contributed by atoms with Crippen LogP contribution < -0.4 is 19.7 Å². The predicted octanol–water partition coefficient (Wildman–Crippen LogP) is 3.20. The number of rotatable bonds is 6. The molecule has 0 aromatic heterocycles. The molecule has 0 spiro atoms. The minimum atomic E-state index is -1.16. The summed E-state index contributed by atoms with van der Waals surface area (Å²) < 4.78 is 10.8. The maximum Gasteiger partial charge on any atom is 0.341 e. The first-order valence-electron chi connectivity index (χ1n) is 9.32. The molecule has 0 atom stereocenters. The van der Waals surface area contributed by atoms with Gasteiger partial charge in [0, 0.05) is 0 Å². The highest BCUT2D eigenvalue weighted by Gasteiger charge is 2.37. The minimum absolute atomic E-state index is 0.156. The van der Waals surface area contributed by atoms with Crippen molar-refractivity contribution in [2.75, 3.05) is 18.6 Å². The molecule has 2 N–H and O–H groups in total. The molecule has 0 saturated carbocycles. The Morgan fingerprint density at radius 3 is 2.38 bits per heavy atom.